The number of benzene rings is 1. The van der Waals surface area contributed by atoms with Crippen molar-refractivity contribution in [2.45, 2.75) is 38.8 Å². The van der Waals surface area contributed by atoms with Gasteiger partial charge in [0.2, 0.25) is 0 Å². The van der Waals surface area contributed by atoms with E-state index in [1.54, 1.807) is 6.92 Å². The summed E-state index contributed by atoms with van der Waals surface area (Å²) in [5, 5.41) is 24.8. The molecule has 9 nitrogen and oxygen atoms in total. The van der Waals surface area contributed by atoms with E-state index in [-0.39, 0.29) is 24.7 Å². The standard InChI is InChI=1S/C27H28N6O2.C2H6O/c1-16-24-20(19-7-11-28-26-21(19)10-12-32(26)2)4-5-22(25(24)27(35)30-16)31-23-6-3-17(15-29-23)33-13-8-18(34)9-14-33;1-2-3/h3-7,10-12,15-16,18,34H,8-9,13-14H2,1-2H3,(H,29,31)(H,30,35);3H,2H2,1H3. The van der Waals surface area contributed by atoms with Gasteiger partial charge < -0.3 is 30.3 Å². The Bertz CT molecular complexity index is 1440. The SMILES string of the molecule is CC1NC(=O)c2c(Nc3ccc(N4CCC(O)CC4)cn3)ccc(-c3ccnc4c3ccn4C)c21.CCO. The fourth-order valence-corrected chi connectivity index (χ4v) is 5.30. The van der Waals surface area contributed by atoms with Crippen LogP contribution < -0.4 is 15.5 Å². The average molecular weight is 515 g/mol. The highest BCUT2D eigenvalue weighted by Crippen LogP contribution is 2.41. The van der Waals surface area contributed by atoms with Gasteiger partial charge in [-0.05, 0) is 73.7 Å². The predicted molar refractivity (Wildman–Crippen MR) is 150 cm³/mol. The molecule has 2 aliphatic rings. The molecule has 0 radical (unpaired) electrons. The van der Waals surface area contributed by atoms with Crippen molar-refractivity contribution in [1.29, 1.82) is 0 Å². The summed E-state index contributed by atoms with van der Waals surface area (Å²) in [6.45, 7) is 5.60. The number of aryl methyl sites for hydroxylation is 1. The van der Waals surface area contributed by atoms with Crippen LogP contribution in [0.25, 0.3) is 22.2 Å². The summed E-state index contributed by atoms with van der Waals surface area (Å²) in [6.07, 6.45) is 7.02. The van der Waals surface area contributed by atoms with Crippen LogP contribution in [0.15, 0.2) is 55.0 Å². The molecule has 4 N–H and O–H groups in total. The number of aliphatic hydroxyl groups excluding tert-OH is 2. The summed E-state index contributed by atoms with van der Waals surface area (Å²) in [7, 11) is 1.98. The number of carbonyl (C=O) groups excluding carboxylic acids is 1. The summed E-state index contributed by atoms with van der Waals surface area (Å²) in [5.74, 6) is 0.598. The third kappa shape index (κ3) is 4.82. The quantitative estimate of drug-likeness (QED) is 0.323. The van der Waals surface area contributed by atoms with Gasteiger partial charge in [-0.1, -0.05) is 6.07 Å². The van der Waals surface area contributed by atoms with E-state index in [2.05, 4.69) is 37.6 Å². The number of fused-ring (bicyclic) bond motifs is 2. The smallest absolute Gasteiger partial charge is 0.254 e. The number of nitrogens with zero attached hydrogens (tertiary/aromatic N) is 4. The molecule has 1 fully saturated rings. The van der Waals surface area contributed by atoms with Gasteiger partial charge in [-0.15, -0.1) is 0 Å². The van der Waals surface area contributed by atoms with E-state index in [1.807, 2.05) is 61.4 Å². The van der Waals surface area contributed by atoms with Gasteiger partial charge in [-0.3, -0.25) is 4.79 Å². The zero-order valence-corrected chi connectivity index (χ0v) is 22.0. The number of aliphatic hydroxyl groups is 2. The van der Waals surface area contributed by atoms with Crippen molar-refractivity contribution in [3.8, 4) is 11.1 Å². The minimum atomic E-state index is -0.205. The Labute approximate surface area is 222 Å². The number of amides is 1. The van der Waals surface area contributed by atoms with E-state index in [9.17, 15) is 9.90 Å². The molecule has 38 heavy (non-hydrogen) atoms. The van der Waals surface area contributed by atoms with Crippen molar-refractivity contribution >= 4 is 34.1 Å². The van der Waals surface area contributed by atoms with Crippen LogP contribution in [-0.2, 0) is 7.05 Å². The van der Waals surface area contributed by atoms with Gasteiger partial charge in [0.15, 0.2) is 0 Å². The third-order valence-electron chi connectivity index (χ3n) is 7.15. The molecule has 0 aliphatic carbocycles. The van der Waals surface area contributed by atoms with Gasteiger partial charge in [-0.25, -0.2) is 9.97 Å². The van der Waals surface area contributed by atoms with Crippen molar-refractivity contribution in [3.05, 3.63) is 66.1 Å². The Hall–Kier alpha value is -3.95. The molecule has 3 aromatic heterocycles. The lowest BCUT2D eigenvalue weighted by molar-refractivity contribution is 0.0959. The van der Waals surface area contributed by atoms with Crippen LogP contribution >= 0.6 is 0 Å². The van der Waals surface area contributed by atoms with Crippen molar-refractivity contribution in [2.75, 3.05) is 29.9 Å². The predicted octanol–water partition coefficient (Wildman–Crippen LogP) is 4.14. The largest absolute Gasteiger partial charge is 0.397 e. The Morgan fingerprint density at radius 1 is 1.08 bits per heavy atom. The molecule has 2 aliphatic heterocycles. The third-order valence-corrected chi connectivity index (χ3v) is 7.15. The fourth-order valence-electron chi connectivity index (χ4n) is 5.30. The highest BCUT2D eigenvalue weighted by Gasteiger charge is 2.32. The van der Waals surface area contributed by atoms with Crippen LogP contribution in [0.5, 0.6) is 0 Å². The zero-order valence-electron chi connectivity index (χ0n) is 22.0. The number of hydrogen-bond donors (Lipinski definition) is 4. The first-order chi connectivity index (χ1) is 18.4. The number of pyridine rings is 2. The second-order valence-electron chi connectivity index (χ2n) is 9.73. The first kappa shape index (κ1) is 25.7. The lowest BCUT2D eigenvalue weighted by Gasteiger charge is -2.31. The van der Waals surface area contributed by atoms with E-state index in [0.717, 1.165) is 65.0 Å². The summed E-state index contributed by atoms with van der Waals surface area (Å²) in [6, 6.07) is 12.0. The number of anilines is 3. The normalized spacial score (nSPS) is 17.1. The molecular weight excluding hydrogens is 480 g/mol. The van der Waals surface area contributed by atoms with E-state index < -0.39 is 0 Å². The van der Waals surface area contributed by atoms with Gasteiger partial charge in [0, 0.05) is 44.5 Å². The number of carbonyl (C=O) groups is 1. The Morgan fingerprint density at radius 2 is 1.84 bits per heavy atom. The van der Waals surface area contributed by atoms with Crippen molar-refractivity contribution in [3.63, 3.8) is 0 Å². The molecule has 6 rings (SSSR count). The maximum absolute atomic E-state index is 13.0. The van der Waals surface area contributed by atoms with Gasteiger partial charge in [0.05, 0.1) is 35.3 Å². The Balaban J connectivity index is 0.000000937. The van der Waals surface area contributed by atoms with Gasteiger partial charge in [-0.2, -0.15) is 0 Å². The highest BCUT2D eigenvalue weighted by molar-refractivity contribution is 6.08. The molecule has 1 unspecified atom stereocenters. The summed E-state index contributed by atoms with van der Waals surface area (Å²) in [5.41, 5.74) is 6.44. The van der Waals surface area contributed by atoms with Crippen LogP contribution in [0.2, 0.25) is 0 Å². The molecule has 0 saturated carbocycles. The van der Waals surface area contributed by atoms with E-state index in [0.29, 0.717) is 11.4 Å². The molecule has 0 bridgehead atoms. The molecule has 9 heteroatoms. The van der Waals surface area contributed by atoms with Gasteiger partial charge in [0.1, 0.15) is 11.5 Å². The maximum atomic E-state index is 13.0. The second kappa shape index (κ2) is 10.8. The molecule has 0 spiro atoms. The molecule has 5 heterocycles. The number of aromatic nitrogens is 3. The lowest BCUT2D eigenvalue weighted by Crippen LogP contribution is -2.35. The highest BCUT2D eigenvalue weighted by atomic mass is 16.3. The van der Waals surface area contributed by atoms with Gasteiger partial charge in [0.25, 0.3) is 5.91 Å². The fraction of sp³-hybridized carbons (Fsp3) is 0.345. The van der Waals surface area contributed by atoms with E-state index >= 15 is 0 Å². The minimum absolute atomic E-state index is 0.0845. The lowest BCUT2D eigenvalue weighted by atomic mass is 9.91. The molecule has 4 aromatic rings. The Morgan fingerprint density at radius 3 is 2.55 bits per heavy atom. The van der Waals surface area contributed by atoms with Crippen molar-refractivity contribution < 1.29 is 15.0 Å². The van der Waals surface area contributed by atoms with Crippen LogP contribution in [0.3, 0.4) is 0 Å². The van der Waals surface area contributed by atoms with Crippen LogP contribution in [-0.4, -0.2) is 56.5 Å². The van der Waals surface area contributed by atoms with Crippen molar-refractivity contribution in [2.24, 2.45) is 7.05 Å². The molecule has 1 saturated heterocycles. The molecule has 1 amide bonds. The van der Waals surface area contributed by atoms with Crippen LogP contribution in [0, 0.1) is 0 Å². The molecule has 1 atom stereocenters. The number of nitrogens with one attached hydrogen (secondary N) is 2. The van der Waals surface area contributed by atoms with Crippen LogP contribution in [0.4, 0.5) is 17.2 Å². The summed E-state index contributed by atoms with van der Waals surface area (Å²) in [4.78, 5) is 24.4. The van der Waals surface area contributed by atoms with E-state index in [1.165, 1.54) is 0 Å². The first-order valence-corrected chi connectivity index (χ1v) is 13.1. The maximum Gasteiger partial charge on any atom is 0.254 e. The monoisotopic (exact) mass is 514 g/mol. The number of hydrogen-bond acceptors (Lipinski definition) is 7. The topological polar surface area (TPSA) is 116 Å². The van der Waals surface area contributed by atoms with Gasteiger partial charge >= 0.3 is 0 Å². The summed E-state index contributed by atoms with van der Waals surface area (Å²) < 4.78 is 2.00. The van der Waals surface area contributed by atoms with Crippen LogP contribution in [0.1, 0.15) is 48.7 Å². The molecular formula is C29H34N6O3. The minimum Gasteiger partial charge on any atom is -0.397 e. The second-order valence-corrected chi connectivity index (χ2v) is 9.73. The Kier molecular flexibility index (Phi) is 7.31. The average Bonchev–Trinajstić information content (AvgIpc) is 3.45. The van der Waals surface area contributed by atoms with Crippen molar-refractivity contribution in [1.82, 2.24) is 19.9 Å². The molecule has 1 aromatic carbocycles. The first-order valence-electron chi connectivity index (χ1n) is 13.1. The zero-order chi connectivity index (χ0) is 26.8. The number of piperidine rings is 1. The molecule has 198 valence electrons. The number of rotatable bonds is 4. The summed E-state index contributed by atoms with van der Waals surface area (Å²) >= 11 is 0. The van der Waals surface area contributed by atoms with E-state index in [4.69, 9.17) is 5.11 Å².